The Balaban J connectivity index is 1.59. The molecule has 188 valence electrons. The van der Waals surface area contributed by atoms with E-state index < -0.39 is 12.1 Å². The first kappa shape index (κ1) is 23.6. The summed E-state index contributed by atoms with van der Waals surface area (Å²) in [5, 5.41) is 3.60. The number of anilines is 1. The van der Waals surface area contributed by atoms with Gasteiger partial charge in [0, 0.05) is 22.9 Å². The van der Waals surface area contributed by atoms with Crippen LogP contribution in [0.15, 0.2) is 97.2 Å². The van der Waals surface area contributed by atoms with Crippen LogP contribution in [0, 0.1) is 6.92 Å². The molecule has 0 unspecified atom stereocenters. The zero-order valence-corrected chi connectivity index (χ0v) is 21.0. The number of ketones is 1. The van der Waals surface area contributed by atoms with Crippen molar-refractivity contribution in [3.8, 4) is 22.6 Å². The molecule has 2 aromatic heterocycles. The average molecular weight is 503 g/mol. The highest BCUT2D eigenvalue weighted by molar-refractivity contribution is 6.02. The van der Waals surface area contributed by atoms with E-state index in [4.69, 9.17) is 9.47 Å². The van der Waals surface area contributed by atoms with Crippen molar-refractivity contribution in [3.05, 3.63) is 120 Å². The highest BCUT2D eigenvalue weighted by Crippen LogP contribution is 2.45. The summed E-state index contributed by atoms with van der Waals surface area (Å²) in [5.41, 5.74) is 6.18. The molecule has 38 heavy (non-hydrogen) atoms. The second kappa shape index (κ2) is 9.56. The van der Waals surface area contributed by atoms with E-state index in [2.05, 4.69) is 5.32 Å². The first-order chi connectivity index (χ1) is 18.6. The fourth-order valence-corrected chi connectivity index (χ4v) is 5.24. The van der Waals surface area contributed by atoms with Gasteiger partial charge >= 0.3 is 0 Å². The van der Waals surface area contributed by atoms with Gasteiger partial charge in [-0.2, -0.15) is 0 Å². The Labute approximate surface area is 220 Å². The van der Waals surface area contributed by atoms with Gasteiger partial charge in [0.05, 0.1) is 30.0 Å². The summed E-state index contributed by atoms with van der Waals surface area (Å²) in [6.45, 7) is 1.99. The predicted octanol–water partition coefficient (Wildman–Crippen LogP) is 6.53. The van der Waals surface area contributed by atoms with Gasteiger partial charge in [-0.15, -0.1) is 0 Å². The number of carbonyl (C=O) groups excluding carboxylic acids is 2. The lowest BCUT2D eigenvalue weighted by Gasteiger charge is -2.35. The fraction of sp³-hybridized carbons (Fsp3) is 0.125. The molecule has 1 N–H and O–H groups in total. The molecule has 3 aromatic carbocycles. The third-order valence-corrected chi connectivity index (χ3v) is 7.04. The molecule has 0 amide bonds. The van der Waals surface area contributed by atoms with Crippen LogP contribution in [0.25, 0.3) is 16.6 Å². The van der Waals surface area contributed by atoms with Crippen LogP contribution in [0.1, 0.15) is 38.0 Å². The standard InChI is InChI=1S/C32H26N2O4/c1-20-11-16-24-27(18-20)38-32(31(36)22-12-14-23(37-2)15-13-22)30(33-24)29-25-10-6-7-17-34(25)26(19-35)28(29)21-8-4-3-5-9-21/h3-19,30,32-33H,1-2H3/t30-,32+/m0/s1. The number of fused-ring (bicyclic) bond motifs is 2. The molecule has 1 aliphatic rings. The van der Waals surface area contributed by atoms with Crippen LogP contribution in [0.2, 0.25) is 0 Å². The van der Waals surface area contributed by atoms with Crippen molar-refractivity contribution in [3.63, 3.8) is 0 Å². The number of nitrogens with zero attached hydrogens (tertiary/aromatic N) is 1. The minimum absolute atomic E-state index is 0.167. The maximum absolute atomic E-state index is 14.1. The molecule has 0 fully saturated rings. The minimum atomic E-state index is -0.883. The Bertz CT molecular complexity index is 1660. The van der Waals surface area contributed by atoms with Gasteiger partial charge in [-0.25, -0.2) is 0 Å². The van der Waals surface area contributed by atoms with E-state index in [-0.39, 0.29) is 5.78 Å². The maximum atomic E-state index is 14.1. The van der Waals surface area contributed by atoms with Crippen molar-refractivity contribution < 1.29 is 19.1 Å². The molecule has 0 aliphatic carbocycles. The first-order valence-electron chi connectivity index (χ1n) is 12.4. The lowest BCUT2D eigenvalue weighted by molar-refractivity contribution is 0.0746. The third-order valence-electron chi connectivity index (χ3n) is 7.04. The number of benzene rings is 3. The number of nitrogens with one attached hydrogen (secondary N) is 1. The molecule has 6 rings (SSSR count). The number of aldehydes is 1. The summed E-state index contributed by atoms with van der Waals surface area (Å²) in [4.78, 5) is 26.5. The number of ether oxygens (including phenoxy) is 2. The number of Topliss-reactive ketones (excluding diaryl/α,β-unsaturated/α-hetero) is 1. The number of aromatic nitrogens is 1. The normalized spacial score (nSPS) is 16.3. The van der Waals surface area contributed by atoms with E-state index in [0.717, 1.165) is 39.7 Å². The third kappa shape index (κ3) is 3.91. The van der Waals surface area contributed by atoms with E-state index in [1.807, 2.05) is 84.3 Å². The van der Waals surface area contributed by atoms with Crippen molar-refractivity contribution in [1.82, 2.24) is 4.40 Å². The molecule has 0 radical (unpaired) electrons. The molecule has 6 nitrogen and oxygen atoms in total. The van der Waals surface area contributed by atoms with E-state index in [0.29, 0.717) is 22.8 Å². The Morgan fingerprint density at radius 2 is 1.74 bits per heavy atom. The van der Waals surface area contributed by atoms with Crippen LogP contribution in [-0.2, 0) is 0 Å². The largest absolute Gasteiger partial charge is 0.497 e. The first-order valence-corrected chi connectivity index (χ1v) is 12.4. The topological polar surface area (TPSA) is 69.0 Å². The van der Waals surface area contributed by atoms with E-state index in [1.54, 1.807) is 31.4 Å². The highest BCUT2D eigenvalue weighted by atomic mass is 16.5. The Kier molecular flexibility index (Phi) is 5.92. The van der Waals surface area contributed by atoms with Crippen LogP contribution < -0.4 is 14.8 Å². The zero-order valence-electron chi connectivity index (χ0n) is 21.0. The van der Waals surface area contributed by atoms with Crippen LogP contribution in [0.5, 0.6) is 11.5 Å². The van der Waals surface area contributed by atoms with Gasteiger partial charge in [-0.05, 0) is 66.6 Å². The molecule has 3 heterocycles. The monoisotopic (exact) mass is 502 g/mol. The molecule has 2 atom stereocenters. The number of hydrogen-bond donors (Lipinski definition) is 1. The van der Waals surface area contributed by atoms with Crippen LogP contribution in [-0.4, -0.2) is 29.7 Å². The van der Waals surface area contributed by atoms with Crippen LogP contribution in [0.3, 0.4) is 0 Å². The lowest BCUT2D eigenvalue weighted by atomic mass is 9.88. The summed E-state index contributed by atoms with van der Waals surface area (Å²) >= 11 is 0. The van der Waals surface area contributed by atoms with E-state index in [9.17, 15) is 9.59 Å². The Hall–Kier alpha value is -4.84. The molecule has 1 aliphatic heterocycles. The van der Waals surface area contributed by atoms with Gasteiger partial charge in [0.15, 0.2) is 12.4 Å². The molecular formula is C32H26N2O4. The van der Waals surface area contributed by atoms with Gasteiger partial charge in [-0.3, -0.25) is 9.59 Å². The number of hydrogen-bond acceptors (Lipinski definition) is 5. The SMILES string of the molecule is COc1ccc(C(=O)[C@@H]2Oc3cc(C)ccc3N[C@H]2c2c(-c3ccccc3)c(C=O)n3ccccc23)cc1. The molecular weight excluding hydrogens is 476 g/mol. The van der Waals surface area contributed by atoms with Gasteiger partial charge in [-0.1, -0.05) is 42.5 Å². The molecule has 5 aromatic rings. The van der Waals surface area contributed by atoms with Crippen molar-refractivity contribution in [2.75, 3.05) is 12.4 Å². The van der Waals surface area contributed by atoms with Crippen LogP contribution >= 0.6 is 0 Å². The number of methoxy groups -OCH3 is 1. The van der Waals surface area contributed by atoms with Crippen molar-refractivity contribution in [2.24, 2.45) is 0 Å². The number of rotatable bonds is 6. The highest BCUT2D eigenvalue weighted by Gasteiger charge is 2.40. The Morgan fingerprint density at radius 3 is 2.47 bits per heavy atom. The lowest BCUT2D eigenvalue weighted by Crippen LogP contribution is -2.41. The second-order valence-corrected chi connectivity index (χ2v) is 9.37. The maximum Gasteiger partial charge on any atom is 0.205 e. The second-order valence-electron chi connectivity index (χ2n) is 9.37. The van der Waals surface area contributed by atoms with Gasteiger partial charge < -0.3 is 19.2 Å². The number of pyridine rings is 1. The zero-order chi connectivity index (χ0) is 26.2. The number of aryl methyl sites for hydroxylation is 1. The predicted molar refractivity (Wildman–Crippen MR) is 148 cm³/mol. The van der Waals surface area contributed by atoms with E-state index >= 15 is 0 Å². The van der Waals surface area contributed by atoms with E-state index in [1.165, 1.54) is 0 Å². The summed E-state index contributed by atoms with van der Waals surface area (Å²) in [6.07, 6.45) is 1.86. The molecule has 0 spiro atoms. The summed E-state index contributed by atoms with van der Waals surface area (Å²) in [6, 6.07) is 27.9. The van der Waals surface area contributed by atoms with Gasteiger partial charge in [0.1, 0.15) is 11.5 Å². The average Bonchev–Trinajstić information content (AvgIpc) is 3.31. The molecule has 0 saturated carbocycles. The van der Waals surface area contributed by atoms with Crippen molar-refractivity contribution in [1.29, 1.82) is 0 Å². The minimum Gasteiger partial charge on any atom is -0.497 e. The molecule has 0 saturated heterocycles. The van der Waals surface area contributed by atoms with Crippen molar-refractivity contribution >= 4 is 23.3 Å². The summed E-state index contributed by atoms with van der Waals surface area (Å²) < 4.78 is 13.7. The van der Waals surface area contributed by atoms with Gasteiger partial charge in [0.25, 0.3) is 0 Å². The summed E-state index contributed by atoms with van der Waals surface area (Å²) in [7, 11) is 1.59. The molecule has 6 heteroatoms. The fourth-order valence-electron chi connectivity index (χ4n) is 5.24. The quantitative estimate of drug-likeness (QED) is 0.211. The van der Waals surface area contributed by atoms with Gasteiger partial charge in [0.2, 0.25) is 5.78 Å². The van der Waals surface area contributed by atoms with Crippen molar-refractivity contribution in [2.45, 2.75) is 19.1 Å². The number of carbonyl (C=O) groups is 2. The molecule has 0 bridgehead atoms. The summed E-state index contributed by atoms with van der Waals surface area (Å²) in [5.74, 6) is 1.12. The Morgan fingerprint density at radius 1 is 0.974 bits per heavy atom. The smallest absolute Gasteiger partial charge is 0.205 e. The van der Waals surface area contributed by atoms with Crippen LogP contribution in [0.4, 0.5) is 5.69 Å².